The highest BCUT2D eigenvalue weighted by molar-refractivity contribution is 6.39. The van der Waals surface area contributed by atoms with Crippen LogP contribution in [0.25, 0.3) is 0 Å². The second kappa shape index (κ2) is 8.41. The maximum absolute atomic E-state index is 11.8. The number of para-hydroxylation sites is 1. The van der Waals surface area contributed by atoms with Gasteiger partial charge in [0.1, 0.15) is 0 Å². The molecule has 5 nitrogen and oxygen atoms in total. The Morgan fingerprint density at radius 3 is 2.17 bits per heavy atom. The standard InChI is InChI=1S/C16H15Cl2N3O2/c17-12-7-4-8-13(18)15(12)21-14(22)10-20-16(23)19-9-11-5-2-1-3-6-11/h1-8H,9-10H2,(H,21,22)(H2,19,20,23). The summed E-state index contributed by atoms with van der Waals surface area (Å²) in [6.45, 7) is 0.187. The van der Waals surface area contributed by atoms with Gasteiger partial charge < -0.3 is 16.0 Å². The van der Waals surface area contributed by atoms with Crippen LogP contribution < -0.4 is 16.0 Å². The van der Waals surface area contributed by atoms with Crippen molar-refractivity contribution in [1.82, 2.24) is 10.6 Å². The van der Waals surface area contributed by atoms with Crippen molar-refractivity contribution in [3.63, 3.8) is 0 Å². The van der Waals surface area contributed by atoms with E-state index >= 15 is 0 Å². The molecule has 7 heteroatoms. The van der Waals surface area contributed by atoms with Crippen LogP contribution in [0, 0.1) is 0 Å². The molecule has 120 valence electrons. The molecule has 0 heterocycles. The highest BCUT2D eigenvalue weighted by Crippen LogP contribution is 2.29. The monoisotopic (exact) mass is 351 g/mol. The second-order valence-electron chi connectivity index (χ2n) is 4.67. The molecule has 0 aliphatic rings. The molecular formula is C16H15Cl2N3O2. The SMILES string of the molecule is O=C(CNC(=O)NCc1ccccc1)Nc1c(Cl)cccc1Cl. The van der Waals surface area contributed by atoms with Crippen LogP contribution in [0.15, 0.2) is 48.5 Å². The third-order valence-electron chi connectivity index (χ3n) is 2.93. The highest BCUT2D eigenvalue weighted by Gasteiger charge is 2.10. The molecule has 0 spiro atoms. The third-order valence-corrected chi connectivity index (χ3v) is 3.56. The van der Waals surface area contributed by atoms with Gasteiger partial charge in [-0.05, 0) is 17.7 Å². The minimum absolute atomic E-state index is 0.192. The molecule has 0 aromatic heterocycles. The number of urea groups is 1. The Hall–Kier alpha value is -2.24. The molecule has 3 amide bonds. The van der Waals surface area contributed by atoms with Gasteiger partial charge >= 0.3 is 6.03 Å². The quantitative estimate of drug-likeness (QED) is 0.772. The molecule has 2 aromatic rings. The lowest BCUT2D eigenvalue weighted by atomic mass is 10.2. The van der Waals surface area contributed by atoms with Crippen LogP contribution >= 0.6 is 23.2 Å². The fourth-order valence-corrected chi connectivity index (χ4v) is 2.29. The van der Waals surface area contributed by atoms with Crippen LogP contribution in [0.1, 0.15) is 5.56 Å². The fraction of sp³-hybridized carbons (Fsp3) is 0.125. The van der Waals surface area contributed by atoms with E-state index in [2.05, 4.69) is 16.0 Å². The maximum Gasteiger partial charge on any atom is 0.315 e. The molecule has 23 heavy (non-hydrogen) atoms. The zero-order valence-electron chi connectivity index (χ0n) is 12.1. The van der Waals surface area contributed by atoms with E-state index < -0.39 is 11.9 Å². The Bertz CT molecular complexity index is 673. The summed E-state index contributed by atoms with van der Waals surface area (Å²) >= 11 is 11.9. The molecule has 0 atom stereocenters. The molecule has 0 aliphatic carbocycles. The summed E-state index contributed by atoms with van der Waals surface area (Å²) in [5, 5.41) is 8.35. The zero-order chi connectivity index (χ0) is 16.7. The minimum Gasteiger partial charge on any atom is -0.334 e. The van der Waals surface area contributed by atoms with E-state index in [1.54, 1.807) is 18.2 Å². The number of rotatable bonds is 5. The van der Waals surface area contributed by atoms with E-state index in [1.165, 1.54) is 0 Å². The maximum atomic E-state index is 11.8. The van der Waals surface area contributed by atoms with Gasteiger partial charge in [-0.15, -0.1) is 0 Å². The van der Waals surface area contributed by atoms with Gasteiger partial charge in [0.25, 0.3) is 0 Å². The number of nitrogens with one attached hydrogen (secondary N) is 3. The van der Waals surface area contributed by atoms with Gasteiger partial charge in [-0.1, -0.05) is 59.6 Å². The molecule has 0 saturated heterocycles. The lowest BCUT2D eigenvalue weighted by Crippen LogP contribution is -2.39. The molecule has 0 saturated carbocycles. The van der Waals surface area contributed by atoms with E-state index in [-0.39, 0.29) is 6.54 Å². The van der Waals surface area contributed by atoms with Crippen molar-refractivity contribution >= 4 is 40.8 Å². The summed E-state index contributed by atoms with van der Waals surface area (Å²) in [5.74, 6) is -0.421. The molecule has 3 N–H and O–H groups in total. The van der Waals surface area contributed by atoms with Crippen molar-refractivity contribution in [2.45, 2.75) is 6.54 Å². The molecule has 0 fully saturated rings. The Labute approximate surface area is 144 Å². The van der Waals surface area contributed by atoms with Gasteiger partial charge in [0.15, 0.2) is 0 Å². The Morgan fingerprint density at radius 1 is 0.870 bits per heavy atom. The Balaban J connectivity index is 1.77. The first-order valence-corrected chi connectivity index (χ1v) is 7.61. The number of hydrogen-bond acceptors (Lipinski definition) is 2. The van der Waals surface area contributed by atoms with Crippen molar-refractivity contribution in [3.8, 4) is 0 Å². The van der Waals surface area contributed by atoms with Crippen molar-refractivity contribution in [2.24, 2.45) is 0 Å². The summed E-state index contributed by atoms with van der Waals surface area (Å²) in [6, 6.07) is 13.9. The first-order valence-electron chi connectivity index (χ1n) is 6.86. The van der Waals surface area contributed by atoms with Crippen molar-refractivity contribution < 1.29 is 9.59 Å². The predicted molar refractivity (Wildman–Crippen MR) is 91.8 cm³/mol. The molecule has 0 radical (unpaired) electrons. The van der Waals surface area contributed by atoms with Crippen LogP contribution in [0.3, 0.4) is 0 Å². The van der Waals surface area contributed by atoms with Gasteiger partial charge in [0, 0.05) is 6.54 Å². The number of benzene rings is 2. The summed E-state index contributed by atoms with van der Waals surface area (Å²) < 4.78 is 0. The van der Waals surface area contributed by atoms with Crippen LogP contribution in [-0.4, -0.2) is 18.5 Å². The molecule has 0 aliphatic heterocycles. The van der Waals surface area contributed by atoms with Gasteiger partial charge in [-0.25, -0.2) is 4.79 Å². The first kappa shape index (κ1) is 17.1. The normalized spacial score (nSPS) is 10.0. The molecule has 0 bridgehead atoms. The van der Waals surface area contributed by atoms with Crippen molar-refractivity contribution in [1.29, 1.82) is 0 Å². The summed E-state index contributed by atoms with van der Waals surface area (Å²) in [5.41, 5.74) is 1.29. The van der Waals surface area contributed by atoms with Crippen LogP contribution in [0.5, 0.6) is 0 Å². The van der Waals surface area contributed by atoms with E-state index in [1.807, 2.05) is 30.3 Å². The van der Waals surface area contributed by atoms with Crippen molar-refractivity contribution in [3.05, 3.63) is 64.1 Å². The van der Waals surface area contributed by atoms with Crippen LogP contribution in [0.2, 0.25) is 10.0 Å². The van der Waals surface area contributed by atoms with Crippen molar-refractivity contribution in [2.75, 3.05) is 11.9 Å². The smallest absolute Gasteiger partial charge is 0.315 e. The van der Waals surface area contributed by atoms with Crippen LogP contribution in [0.4, 0.5) is 10.5 Å². The minimum atomic E-state index is -0.436. The summed E-state index contributed by atoms with van der Waals surface area (Å²) in [6.07, 6.45) is 0. The van der Waals surface area contributed by atoms with E-state index in [0.717, 1.165) is 5.56 Å². The topological polar surface area (TPSA) is 70.2 Å². The van der Waals surface area contributed by atoms with E-state index in [9.17, 15) is 9.59 Å². The van der Waals surface area contributed by atoms with Gasteiger partial charge in [0.05, 0.1) is 22.3 Å². The Morgan fingerprint density at radius 2 is 1.52 bits per heavy atom. The van der Waals surface area contributed by atoms with Gasteiger partial charge in [-0.3, -0.25) is 4.79 Å². The van der Waals surface area contributed by atoms with Gasteiger partial charge in [0.2, 0.25) is 5.91 Å². The number of anilines is 1. The molecular weight excluding hydrogens is 337 g/mol. The zero-order valence-corrected chi connectivity index (χ0v) is 13.6. The number of amides is 3. The highest BCUT2D eigenvalue weighted by atomic mass is 35.5. The second-order valence-corrected chi connectivity index (χ2v) is 5.48. The Kier molecular flexibility index (Phi) is 6.26. The lowest BCUT2D eigenvalue weighted by Gasteiger charge is -2.10. The number of halogens is 2. The molecule has 2 rings (SSSR count). The average molecular weight is 352 g/mol. The first-order chi connectivity index (χ1) is 11.1. The largest absolute Gasteiger partial charge is 0.334 e. The average Bonchev–Trinajstić information content (AvgIpc) is 2.55. The summed E-state index contributed by atoms with van der Waals surface area (Å²) in [4.78, 5) is 23.5. The third kappa shape index (κ3) is 5.47. The number of carbonyl (C=O) groups is 2. The van der Waals surface area contributed by atoms with E-state index in [4.69, 9.17) is 23.2 Å². The van der Waals surface area contributed by atoms with Crippen LogP contribution in [-0.2, 0) is 11.3 Å². The van der Waals surface area contributed by atoms with E-state index in [0.29, 0.717) is 22.3 Å². The fourth-order valence-electron chi connectivity index (χ4n) is 1.80. The number of carbonyl (C=O) groups excluding carboxylic acids is 2. The molecule has 2 aromatic carbocycles. The van der Waals surface area contributed by atoms with Gasteiger partial charge in [-0.2, -0.15) is 0 Å². The predicted octanol–water partition coefficient (Wildman–Crippen LogP) is 3.43. The lowest BCUT2D eigenvalue weighted by molar-refractivity contribution is -0.115. The summed E-state index contributed by atoms with van der Waals surface area (Å²) in [7, 11) is 0. The number of hydrogen-bond donors (Lipinski definition) is 3. The molecule has 0 unspecified atom stereocenters.